The Hall–Kier alpha value is -0.340. The van der Waals surface area contributed by atoms with Crippen LogP contribution in [0.3, 0.4) is 0 Å². The van der Waals surface area contributed by atoms with Crippen LogP contribution in [0.1, 0.15) is 43.7 Å². The molecule has 0 saturated heterocycles. The van der Waals surface area contributed by atoms with Gasteiger partial charge in [0.05, 0.1) is 6.61 Å². The Morgan fingerprint density at radius 3 is 2.75 bits per heavy atom. The minimum Gasteiger partial charge on any atom is -0.377 e. The first-order valence-corrected chi connectivity index (χ1v) is 7.08. The lowest BCUT2D eigenvalue weighted by molar-refractivity contribution is 0.118. The molecule has 0 aliphatic heterocycles. The molecular weight excluding hydrogens is 264 g/mol. The fourth-order valence-electron chi connectivity index (χ4n) is 1.53. The molecule has 1 aromatic carbocycles. The van der Waals surface area contributed by atoms with Gasteiger partial charge in [0.25, 0.3) is 0 Å². The zero-order valence-corrected chi connectivity index (χ0v) is 11.8. The number of unbranched alkanes of at least 4 members (excludes halogenated alkanes) is 1. The zero-order chi connectivity index (χ0) is 11.8. The maximum absolute atomic E-state index is 5.64. The molecule has 0 saturated carbocycles. The SMILES string of the molecule is CC(C)c1cccc(COCCCCBr)c1. The first-order valence-electron chi connectivity index (χ1n) is 5.96. The monoisotopic (exact) mass is 284 g/mol. The Kier molecular flexibility index (Phi) is 6.74. The summed E-state index contributed by atoms with van der Waals surface area (Å²) in [5.41, 5.74) is 2.67. The van der Waals surface area contributed by atoms with Crippen LogP contribution in [0.4, 0.5) is 0 Å². The van der Waals surface area contributed by atoms with Crippen molar-refractivity contribution in [2.45, 2.75) is 39.2 Å². The molecule has 0 aliphatic rings. The molecule has 0 spiro atoms. The molecule has 0 aliphatic carbocycles. The third-order valence-corrected chi connectivity index (χ3v) is 3.12. The van der Waals surface area contributed by atoms with Crippen molar-refractivity contribution >= 4 is 15.9 Å². The van der Waals surface area contributed by atoms with Crippen molar-refractivity contribution < 1.29 is 4.74 Å². The summed E-state index contributed by atoms with van der Waals surface area (Å²) in [5.74, 6) is 0.591. The number of alkyl halides is 1. The van der Waals surface area contributed by atoms with E-state index in [9.17, 15) is 0 Å². The quantitative estimate of drug-likeness (QED) is 0.529. The Labute approximate surface area is 107 Å². The summed E-state index contributed by atoms with van der Waals surface area (Å²) >= 11 is 3.42. The molecule has 0 fully saturated rings. The van der Waals surface area contributed by atoms with Crippen LogP contribution in [0.5, 0.6) is 0 Å². The minimum atomic E-state index is 0.591. The summed E-state index contributed by atoms with van der Waals surface area (Å²) in [6.45, 7) is 6.03. The smallest absolute Gasteiger partial charge is 0.0716 e. The van der Waals surface area contributed by atoms with Gasteiger partial charge in [-0.15, -0.1) is 0 Å². The van der Waals surface area contributed by atoms with E-state index >= 15 is 0 Å². The molecule has 1 aromatic rings. The lowest BCUT2D eigenvalue weighted by Crippen LogP contribution is -1.97. The predicted molar refractivity (Wildman–Crippen MR) is 73.2 cm³/mol. The van der Waals surface area contributed by atoms with Crippen LogP contribution in [-0.4, -0.2) is 11.9 Å². The van der Waals surface area contributed by atoms with Gasteiger partial charge in [-0.05, 0) is 29.9 Å². The standard InChI is InChI=1S/C14H21BrO/c1-12(2)14-7-5-6-13(10-14)11-16-9-4-3-8-15/h5-7,10,12H,3-4,8-9,11H2,1-2H3. The molecule has 16 heavy (non-hydrogen) atoms. The van der Waals surface area contributed by atoms with Crippen LogP contribution in [0.25, 0.3) is 0 Å². The third kappa shape index (κ3) is 5.13. The average molecular weight is 285 g/mol. The number of rotatable bonds is 7. The van der Waals surface area contributed by atoms with E-state index in [0.717, 1.165) is 25.0 Å². The summed E-state index contributed by atoms with van der Waals surface area (Å²) in [4.78, 5) is 0. The van der Waals surface area contributed by atoms with Crippen molar-refractivity contribution in [1.29, 1.82) is 0 Å². The van der Waals surface area contributed by atoms with E-state index in [1.54, 1.807) is 0 Å². The number of halogens is 1. The fraction of sp³-hybridized carbons (Fsp3) is 0.571. The summed E-state index contributed by atoms with van der Waals surface area (Å²) in [6, 6.07) is 8.68. The number of ether oxygens (including phenoxy) is 1. The zero-order valence-electron chi connectivity index (χ0n) is 10.2. The third-order valence-electron chi connectivity index (χ3n) is 2.56. The van der Waals surface area contributed by atoms with E-state index in [2.05, 4.69) is 54.0 Å². The molecule has 0 atom stereocenters. The average Bonchev–Trinajstić information content (AvgIpc) is 2.29. The molecule has 0 bridgehead atoms. The number of hydrogen-bond donors (Lipinski definition) is 0. The molecule has 0 unspecified atom stereocenters. The van der Waals surface area contributed by atoms with Crippen molar-refractivity contribution in [2.75, 3.05) is 11.9 Å². The summed E-state index contributed by atoms with van der Waals surface area (Å²) in [7, 11) is 0. The minimum absolute atomic E-state index is 0.591. The van der Waals surface area contributed by atoms with Gasteiger partial charge < -0.3 is 4.74 Å². The second-order valence-corrected chi connectivity index (χ2v) is 5.14. The van der Waals surface area contributed by atoms with E-state index in [1.165, 1.54) is 17.5 Å². The van der Waals surface area contributed by atoms with E-state index in [4.69, 9.17) is 4.74 Å². The molecule has 0 heterocycles. The summed E-state index contributed by atoms with van der Waals surface area (Å²) in [5, 5.41) is 1.07. The lowest BCUT2D eigenvalue weighted by atomic mass is 10.0. The van der Waals surface area contributed by atoms with Crippen LogP contribution in [0.2, 0.25) is 0 Å². The lowest BCUT2D eigenvalue weighted by Gasteiger charge is -2.08. The van der Waals surface area contributed by atoms with Crippen molar-refractivity contribution in [3.05, 3.63) is 35.4 Å². The summed E-state index contributed by atoms with van der Waals surface area (Å²) in [6.07, 6.45) is 2.32. The normalized spacial score (nSPS) is 11.0. The Morgan fingerprint density at radius 2 is 2.06 bits per heavy atom. The Morgan fingerprint density at radius 1 is 1.25 bits per heavy atom. The first-order chi connectivity index (χ1) is 7.74. The molecule has 0 amide bonds. The maximum Gasteiger partial charge on any atom is 0.0716 e. The molecule has 2 heteroatoms. The van der Waals surface area contributed by atoms with Crippen LogP contribution >= 0.6 is 15.9 Å². The highest BCUT2D eigenvalue weighted by molar-refractivity contribution is 9.09. The Balaban J connectivity index is 2.33. The fourth-order valence-corrected chi connectivity index (χ4v) is 1.93. The van der Waals surface area contributed by atoms with Gasteiger partial charge in [0.15, 0.2) is 0 Å². The molecule has 0 N–H and O–H groups in total. The highest BCUT2D eigenvalue weighted by atomic mass is 79.9. The largest absolute Gasteiger partial charge is 0.377 e. The molecule has 1 nitrogen and oxygen atoms in total. The molecule has 90 valence electrons. The van der Waals surface area contributed by atoms with Gasteiger partial charge >= 0.3 is 0 Å². The van der Waals surface area contributed by atoms with E-state index in [1.807, 2.05) is 0 Å². The van der Waals surface area contributed by atoms with E-state index < -0.39 is 0 Å². The second kappa shape index (κ2) is 7.86. The Bertz CT molecular complexity index is 297. The van der Waals surface area contributed by atoms with Gasteiger partial charge in [-0.25, -0.2) is 0 Å². The molecule has 0 aromatic heterocycles. The maximum atomic E-state index is 5.64. The van der Waals surface area contributed by atoms with Gasteiger partial charge in [-0.2, -0.15) is 0 Å². The van der Waals surface area contributed by atoms with Gasteiger partial charge in [0.1, 0.15) is 0 Å². The highest BCUT2D eigenvalue weighted by Gasteiger charge is 2.00. The van der Waals surface area contributed by atoms with Crippen molar-refractivity contribution in [3.8, 4) is 0 Å². The van der Waals surface area contributed by atoms with Crippen LogP contribution < -0.4 is 0 Å². The molecule has 1 rings (SSSR count). The predicted octanol–water partition coefficient (Wildman–Crippen LogP) is 4.50. The molecule has 0 radical (unpaired) electrons. The van der Waals surface area contributed by atoms with E-state index in [0.29, 0.717) is 5.92 Å². The molecular formula is C14H21BrO. The van der Waals surface area contributed by atoms with E-state index in [-0.39, 0.29) is 0 Å². The van der Waals surface area contributed by atoms with Gasteiger partial charge in [-0.1, -0.05) is 54.0 Å². The van der Waals surface area contributed by atoms with Crippen LogP contribution in [0, 0.1) is 0 Å². The second-order valence-electron chi connectivity index (χ2n) is 4.35. The first kappa shape index (κ1) is 13.7. The van der Waals surface area contributed by atoms with Gasteiger partial charge in [-0.3, -0.25) is 0 Å². The topological polar surface area (TPSA) is 9.23 Å². The van der Waals surface area contributed by atoms with Crippen molar-refractivity contribution in [3.63, 3.8) is 0 Å². The van der Waals surface area contributed by atoms with Crippen molar-refractivity contribution in [1.82, 2.24) is 0 Å². The van der Waals surface area contributed by atoms with Crippen LogP contribution in [0.15, 0.2) is 24.3 Å². The van der Waals surface area contributed by atoms with Gasteiger partial charge in [0, 0.05) is 11.9 Å². The van der Waals surface area contributed by atoms with Crippen LogP contribution in [-0.2, 0) is 11.3 Å². The number of hydrogen-bond acceptors (Lipinski definition) is 1. The van der Waals surface area contributed by atoms with Gasteiger partial charge in [0.2, 0.25) is 0 Å². The highest BCUT2D eigenvalue weighted by Crippen LogP contribution is 2.16. The van der Waals surface area contributed by atoms with Crippen molar-refractivity contribution in [2.24, 2.45) is 0 Å². The number of benzene rings is 1. The summed E-state index contributed by atoms with van der Waals surface area (Å²) < 4.78 is 5.64.